The summed E-state index contributed by atoms with van der Waals surface area (Å²) in [5.41, 5.74) is 7.93. The first-order chi connectivity index (χ1) is 9.83. The van der Waals surface area contributed by atoms with E-state index in [1.54, 1.807) is 12.4 Å². The van der Waals surface area contributed by atoms with E-state index in [1.807, 2.05) is 30.3 Å². The summed E-state index contributed by atoms with van der Waals surface area (Å²) in [7, 11) is 0. The second-order valence-electron chi connectivity index (χ2n) is 4.23. The number of anilines is 1. The van der Waals surface area contributed by atoms with Gasteiger partial charge in [-0.05, 0) is 5.56 Å². The minimum absolute atomic E-state index is 0.283. The van der Waals surface area contributed by atoms with Crippen molar-refractivity contribution >= 4 is 17.0 Å². The van der Waals surface area contributed by atoms with Crippen LogP contribution in [0.25, 0.3) is 11.2 Å². The first kappa shape index (κ1) is 12.4. The van der Waals surface area contributed by atoms with Gasteiger partial charge in [0.1, 0.15) is 12.1 Å². The molecule has 6 heteroatoms. The second-order valence-corrected chi connectivity index (χ2v) is 4.23. The van der Waals surface area contributed by atoms with Crippen LogP contribution in [0.2, 0.25) is 0 Å². The molecular formula is C14H13N5O. The van der Waals surface area contributed by atoms with Gasteiger partial charge in [-0.2, -0.15) is 0 Å². The zero-order valence-electron chi connectivity index (χ0n) is 10.7. The maximum absolute atomic E-state index is 5.83. The van der Waals surface area contributed by atoms with Crippen LogP contribution in [0, 0.1) is 0 Å². The smallest absolute Gasteiger partial charge is 0.183 e. The van der Waals surface area contributed by atoms with Gasteiger partial charge in [-0.1, -0.05) is 30.3 Å². The molecule has 0 aliphatic rings. The lowest BCUT2D eigenvalue weighted by atomic mass is 10.2. The molecule has 0 amide bonds. The van der Waals surface area contributed by atoms with Gasteiger partial charge in [0.25, 0.3) is 0 Å². The fraction of sp³-hybridized carbons (Fsp3) is 0.143. The Morgan fingerprint density at radius 1 is 0.950 bits per heavy atom. The Labute approximate surface area is 115 Å². The highest BCUT2D eigenvalue weighted by molar-refractivity contribution is 5.80. The molecule has 0 spiro atoms. The molecule has 3 rings (SSSR count). The summed E-state index contributed by atoms with van der Waals surface area (Å²) in [5.74, 6) is 0.827. The summed E-state index contributed by atoms with van der Waals surface area (Å²) >= 11 is 0. The van der Waals surface area contributed by atoms with Gasteiger partial charge in [-0.25, -0.2) is 19.9 Å². The van der Waals surface area contributed by atoms with Crippen molar-refractivity contribution in [2.75, 3.05) is 5.73 Å². The third-order valence-corrected chi connectivity index (χ3v) is 2.75. The molecular weight excluding hydrogens is 254 g/mol. The van der Waals surface area contributed by atoms with E-state index in [0.29, 0.717) is 29.4 Å². The summed E-state index contributed by atoms with van der Waals surface area (Å²) in [4.78, 5) is 16.7. The van der Waals surface area contributed by atoms with Crippen molar-refractivity contribution in [2.24, 2.45) is 0 Å². The van der Waals surface area contributed by atoms with Crippen LogP contribution >= 0.6 is 0 Å². The van der Waals surface area contributed by atoms with Gasteiger partial charge < -0.3 is 10.5 Å². The molecule has 0 aliphatic heterocycles. The maximum Gasteiger partial charge on any atom is 0.183 e. The molecule has 2 heterocycles. The van der Waals surface area contributed by atoms with Gasteiger partial charge in [0, 0.05) is 12.4 Å². The molecule has 2 N–H and O–H groups in total. The average molecular weight is 267 g/mol. The number of benzene rings is 1. The number of aromatic nitrogens is 4. The molecule has 0 saturated heterocycles. The van der Waals surface area contributed by atoms with Crippen molar-refractivity contribution in [1.29, 1.82) is 0 Å². The standard InChI is InChI=1S/C14H13N5O/c15-13-12-14(17-7-6-16-12)19-11(18-13)9-20-8-10-4-2-1-3-5-10/h1-7H,8-9H2,(H2,15,17,18,19). The van der Waals surface area contributed by atoms with E-state index in [-0.39, 0.29) is 6.61 Å². The number of ether oxygens (including phenoxy) is 1. The highest BCUT2D eigenvalue weighted by atomic mass is 16.5. The maximum atomic E-state index is 5.83. The summed E-state index contributed by atoms with van der Waals surface area (Å²) in [6, 6.07) is 9.91. The molecule has 3 aromatic rings. The number of hydrogen-bond donors (Lipinski definition) is 1. The predicted molar refractivity (Wildman–Crippen MR) is 74.5 cm³/mol. The van der Waals surface area contributed by atoms with Gasteiger partial charge in [-0.3, -0.25) is 0 Å². The average Bonchev–Trinajstić information content (AvgIpc) is 2.48. The SMILES string of the molecule is Nc1nc(COCc2ccccc2)nc2nccnc12. The predicted octanol–water partition coefficient (Wildman–Crippen LogP) is 1.72. The van der Waals surface area contributed by atoms with Crippen LogP contribution in [0.15, 0.2) is 42.7 Å². The van der Waals surface area contributed by atoms with Crippen molar-refractivity contribution in [3.63, 3.8) is 0 Å². The molecule has 100 valence electrons. The van der Waals surface area contributed by atoms with Gasteiger partial charge in [0.15, 0.2) is 17.3 Å². The van der Waals surface area contributed by atoms with Crippen LogP contribution < -0.4 is 5.73 Å². The molecule has 1 aromatic carbocycles. The van der Waals surface area contributed by atoms with E-state index in [1.165, 1.54) is 0 Å². The van der Waals surface area contributed by atoms with Gasteiger partial charge in [0.2, 0.25) is 0 Å². The summed E-state index contributed by atoms with van der Waals surface area (Å²) < 4.78 is 5.58. The molecule has 0 radical (unpaired) electrons. The fourth-order valence-corrected chi connectivity index (χ4v) is 1.83. The molecule has 0 bridgehead atoms. The van der Waals surface area contributed by atoms with Crippen LogP contribution in [0.5, 0.6) is 0 Å². The molecule has 2 aromatic heterocycles. The summed E-state index contributed by atoms with van der Waals surface area (Å²) in [6.07, 6.45) is 3.14. The van der Waals surface area contributed by atoms with Gasteiger partial charge in [0.05, 0.1) is 6.61 Å². The Bertz CT molecular complexity index is 717. The molecule has 0 aliphatic carbocycles. The van der Waals surface area contributed by atoms with Crippen LogP contribution in [0.1, 0.15) is 11.4 Å². The Hall–Kier alpha value is -2.60. The Kier molecular flexibility index (Phi) is 3.47. The van der Waals surface area contributed by atoms with E-state index in [9.17, 15) is 0 Å². The largest absolute Gasteiger partial charge is 0.382 e. The molecule has 6 nitrogen and oxygen atoms in total. The Balaban J connectivity index is 1.72. The van der Waals surface area contributed by atoms with Crippen molar-refractivity contribution in [1.82, 2.24) is 19.9 Å². The normalized spacial score (nSPS) is 10.8. The van der Waals surface area contributed by atoms with Crippen molar-refractivity contribution < 1.29 is 4.74 Å². The topological polar surface area (TPSA) is 86.8 Å². The van der Waals surface area contributed by atoms with Crippen LogP contribution in [-0.4, -0.2) is 19.9 Å². The minimum atomic E-state index is 0.283. The molecule has 0 atom stereocenters. The Morgan fingerprint density at radius 3 is 2.60 bits per heavy atom. The lowest BCUT2D eigenvalue weighted by Gasteiger charge is -2.05. The number of nitrogens with two attached hydrogens (primary N) is 1. The molecule has 20 heavy (non-hydrogen) atoms. The van der Waals surface area contributed by atoms with Crippen molar-refractivity contribution in [2.45, 2.75) is 13.2 Å². The number of nitrogen functional groups attached to an aromatic ring is 1. The second kappa shape index (κ2) is 5.58. The van der Waals surface area contributed by atoms with E-state index < -0.39 is 0 Å². The van der Waals surface area contributed by atoms with E-state index >= 15 is 0 Å². The highest BCUT2D eigenvalue weighted by Crippen LogP contribution is 2.12. The first-order valence-corrected chi connectivity index (χ1v) is 6.18. The summed E-state index contributed by atoms with van der Waals surface area (Å²) in [5, 5.41) is 0. The van der Waals surface area contributed by atoms with E-state index in [4.69, 9.17) is 10.5 Å². The zero-order valence-corrected chi connectivity index (χ0v) is 10.7. The number of rotatable bonds is 4. The van der Waals surface area contributed by atoms with Crippen molar-refractivity contribution in [3.05, 3.63) is 54.1 Å². The lowest BCUT2D eigenvalue weighted by Crippen LogP contribution is -2.05. The number of nitrogens with zero attached hydrogens (tertiary/aromatic N) is 4. The molecule has 0 saturated carbocycles. The number of fused-ring (bicyclic) bond motifs is 1. The van der Waals surface area contributed by atoms with Crippen LogP contribution in [-0.2, 0) is 18.0 Å². The highest BCUT2D eigenvalue weighted by Gasteiger charge is 2.07. The van der Waals surface area contributed by atoms with Gasteiger partial charge >= 0.3 is 0 Å². The third kappa shape index (κ3) is 2.70. The van der Waals surface area contributed by atoms with Gasteiger partial charge in [-0.15, -0.1) is 0 Å². The molecule has 0 unspecified atom stereocenters. The number of hydrogen-bond acceptors (Lipinski definition) is 6. The Morgan fingerprint density at radius 2 is 1.75 bits per heavy atom. The monoisotopic (exact) mass is 267 g/mol. The van der Waals surface area contributed by atoms with Crippen LogP contribution in [0.3, 0.4) is 0 Å². The zero-order chi connectivity index (χ0) is 13.8. The lowest BCUT2D eigenvalue weighted by molar-refractivity contribution is 0.102. The quantitative estimate of drug-likeness (QED) is 0.774. The fourth-order valence-electron chi connectivity index (χ4n) is 1.83. The first-order valence-electron chi connectivity index (χ1n) is 6.18. The van der Waals surface area contributed by atoms with E-state index in [2.05, 4.69) is 19.9 Å². The van der Waals surface area contributed by atoms with Crippen molar-refractivity contribution in [3.8, 4) is 0 Å². The third-order valence-electron chi connectivity index (χ3n) is 2.75. The molecule has 0 fully saturated rings. The van der Waals surface area contributed by atoms with Crippen LogP contribution in [0.4, 0.5) is 5.82 Å². The van der Waals surface area contributed by atoms with E-state index in [0.717, 1.165) is 5.56 Å². The minimum Gasteiger partial charge on any atom is -0.382 e. The summed E-state index contributed by atoms with van der Waals surface area (Å²) in [6.45, 7) is 0.786.